The molecular weight excluding hydrogens is 236 g/mol. The van der Waals surface area contributed by atoms with Gasteiger partial charge in [-0.2, -0.15) is 0 Å². The minimum absolute atomic E-state index is 0.521. The Hall–Kier alpha value is -2.42. The molecule has 3 nitrogen and oxygen atoms in total. The van der Waals surface area contributed by atoms with E-state index >= 15 is 0 Å². The van der Waals surface area contributed by atoms with E-state index in [0.29, 0.717) is 5.69 Å². The van der Waals surface area contributed by atoms with E-state index in [2.05, 4.69) is 5.18 Å². The lowest BCUT2D eigenvalue weighted by Gasteiger charge is -2.04. The monoisotopic (exact) mass is 250 g/mol. The molecule has 19 heavy (non-hydrogen) atoms. The summed E-state index contributed by atoms with van der Waals surface area (Å²) in [5, 5.41) is 4.18. The maximum Gasteiger partial charge on any atom is 0.141 e. The first-order valence-electron chi connectivity index (χ1n) is 6.20. The van der Waals surface area contributed by atoms with Crippen molar-refractivity contribution in [3.63, 3.8) is 0 Å². The van der Waals surface area contributed by atoms with Crippen molar-refractivity contribution in [3.05, 3.63) is 59.0 Å². The highest BCUT2D eigenvalue weighted by Crippen LogP contribution is 2.39. The van der Waals surface area contributed by atoms with Crippen LogP contribution in [0.5, 0.6) is 0 Å². The van der Waals surface area contributed by atoms with Crippen LogP contribution in [-0.4, -0.2) is 4.57 Å². The van der Waals surface area contributed by atoms with E-state index in [9.17, 15) is 4.91 Å². The van der Waals surface area contributed by atoms with Crippen LogP contribution in [0.25, 0.3) is 22.2 Å². The fraction of sp³-hybridized carbons (Fsp3) is 0.125. The Balaban J connectivity index is 2.42. The van der Waals surface area contributed by atoms with Gasteiger partial charge >= 0.3 is 0 Å². The molecule has 0 radical (unpaired) electrons. The summed E-state index contributed by atoms with van der Waals surface area (Å²) in [6, 6.07) is 16.0. The molecule has 0 aliphatic rings. The third-order valence-electron chi connectivity index (χ3n) is 3.47. The van der Waals surface area contributed by atoms with Gasteiger partial charge in [-0.3, -0.25) is 0 Å². The summed E-state index contributed by atoms with van der Waals surface area (Å²) in [6.45, 7) is 2.02. The lowest BCUT2D eigenvalue weighted by atomic mass is 10.1. The second-order valence-electron chi connectivity index (χ2n) is 4.73. The standard InChI is InChI=1S/C16H14N2O/c1-11-8-9-14-13(10-11)15(17-19)16(18(14)2)12-6-4-3-5-7-12/h3-10H,1-2H3. The Bertz CT molecular complexity index is 757. The molecule has 0 aliphatic heterocycles. The van der Waals surface area contributed by atoms with Crippen LogP contribution in [0.2, 0.25) is 0 Å². The second-order valence-corrected chi connectivity index (χ2v) is 4.73. The van der Waals surface area contributed by atoms with Crippen molar-refractivity contribution in [3.8, 4) is 11.3 Å². The number of nitrogens with zero attached hydrogens (tertiary/aromatic N) is 2. The predicted octanol–water partition coefficient (Wildman–Crippen LogP) is 4.55. The van der Waals surface area contributed by atoms with E-state index in [0.717, 1.165) is 27.7 Å². The molecule has 0 aliphatic carbocycles. The lowest BCUT2D eigenvalue weighted by Crippen LogP contribution is -1.90. The number of rotatable bonds is 2. The number of aryl methyl sites for hydroxylation is 2. The maximum absolute atomic E-state index is 11.3. The minimum Gasteiger partial charge on any atom is -0.342 e. The zero-order chi connectivity index (χ0) is 13.4. The highest BCUT2D eigenvalue weighted by molar-refractivity contribution is 6.00. The van der Waals surface area contributed by atoms with Crippen molar-refractivity contribution in [1.82, 2.24) is 4.57 Å². The lowest BCUT2D eigenvalue weighted by molar-refractivity contribution is 0.977. The summed E-state index contributed by atoms with van der Waals surface area (Å²) in [6.07, 6.45) is 0. The first-order valence-corrected chi connectivity index (χ1v) is 6.20. The average molecular weight is 250 g/mol. The van der Waals surface area contributed by atoms with Gasteiger partial charge in [0.1, 0.15) is 5.69 Å². The topological polar surface area (TPSA) is 34.4 Å². The molecule has 2 aromatic carbocycles. The van der Waals surface area contributed by atoms with E-state index in [1.165, 1.54) is 0 Å². The van der Waals surface area contributed by atoms with Gasteiger partial charge in [-0.1, -0.05) is 42.0 Å². The highest BCUT2D eigenvalue weighted by Gasteiger charge is 2.17. The SMILES string of the molecule is Cc1ccc2c(c1)c(N=O)c(-c1ccccc1)n2C. The Morgan fingerprint density at radius 2 is 1.79 bits per heavy atom. The molecule has 94 valence electrons. The van der Waals surface area contributed by atoms with E-state index < -0.39 is 0 Å². The highest BCUT2D eigenvalue weighted by atomic mass is 16.3. The third kappa shape index (κ3) is 1.74. The molecule has 3 heteroatoms. The molecule has 0 bridgehead atoms. The first-order chi connectivity index (χ1) is 9.22. The molecular formula is C16H14N2O. The Morgan fingerprint density at radius 1 is 1.05 bits per heavy atom. The van der Waals surface area contributed by atoms with Crippen LogP contribution < -0.4 is 0 Å². The molecule has 0 N–H and O–H groups in total. The van der Waals surface area contributed by atoms with Crippen molar-refractivity contribution < 1.29 is 0 Å². The van der Waals surface area contributed by atoms with E-state index in [1.54, 1.807) is 0 Å². The molecule has 0 spiro atoms. The summed E-state index contributed by atoms with van der Waals surface area (Å²) >= 11 is 0. The predicted molar refractivity (Wildman–Crippen MR) is 78.5 cm³/mol. The van der Waals surface area contributed by atoms with Gasteiger partial charge in [0, 0.05) is 18.0 Å². The number of hydrogen-bond donors (Lipinski definition) is 0. The van der Waals surface area contributed by atoms with Crippen LogP contribution in [-0.2, 0) is 7.05 Å². The number of hydrogen-bond acceptors (Lipinski definition) is 2. The quantitative estimate of drug-likeness (QED) is 0.614. The van der Waals surface area contributed by atoms with Crippen LogP contribution in [0.15, 0.2) is 53.7 Å². The molecule has 0 atom stereocenters. The smallest absolute Gasteiger partial charge is 0.141 e. The zero-order valence-corrected chi connectivity index (χ0v) is 10.9. The molecule has 3 aromatic rings. The van der Waals surface area contributed by atoms with E-state index in [4.69, 9.17) is 0 Å². The summed E-state index contributed by atoms with van der Waals surface area (Å²) in [5.41, 5.74) is 4.55. The number of nitroso groups, excluding NO2 is 1. The van der Waals surface area contributed by atoms with Crippen LogP contribution in [0, 0.1) is 11.8 Å². The fourth-order valence-electron chi connectivity index (χ4n) is 2.56. The van der Waals surface area contributed by atoms with Gasteiger partial charge < -0.3 is 4.57 Å². The van der Waals surface area contributed by atoms with Crippen LogP contribution in [0.1, 0.15) is 5.56 Å². The Kier molecular flexibility index (Phi) is 2.67. The minimum atomic E-state index is 0.521. The third-order valence-corrected chi connectivity index (χ3v) is 3.47. The summed E-state index contributed by atoms with van der Waals surface area (Å²) in [4.78, 5) is 11.3. The van der Waals surface area contributed by atoms with Crippen molar-refractivity contribution >= 4 is 16.6 Å². The largest absolute Gasteiger partial charge is 0.342 e. The normalized spacial score (nSPS) is 10.8. The molecule has 0 saturated heterocycles. The van der Waals surface area contributed by atoms with Gasteiger partial charge in [-0.25, -0.2) is 0 Å². The van der Waals surface area contributed by atoms with Crippen LogP contribution in [0.4, 0.5) is 5.69 Å². The Morgan fingerprint density at radius 3 is 2.47 bits per heavy atom. The molecule has 1 heterocycles. The van der Waals surface area contributed by atoms with Crippen molar-refractivity contribution in [2.45, 2.75) is 6.92 Å². The second kappa shape index (κ2) is 4.35. The maximum atomic E-state index is 11.3. The molecule has 0 saturated carbocycles. The molecule has 0 unspecified atom stereocenters. The molecule has 1 aromatic heterocycles. The molecule has 0 fully saturated rings. The summed E-state index contributed by atoms with van der Waals surface area (Å²) < 4.78 is 2.03. The van der Waals surface area contributed by atoms with E-state index in [-0.39, 0.29) is 0 Å². The number of fused-ring (bicyclic) bond motifs is 1. The van der Waals surface area contributed by atoms with Crippen LogP contribution >= 0.6 is 0 Å². The molecule has 3 rings (SSSR count). The van der Waals surface area contributed by atoms with Gasteiger partial charge in [0.05, 0.1) is 11.2 Å². The van der Waals surface area contributed by atoms with Gasteiger partial charge in [-0.05, 0) is 24.2 Å². The van der Waals surface area contributed by atoms with Crippen LogP contribution in [0.3, 0.4) is 0 Å². The number of aromatic nitrogens is 1. The summed E-state index contributed by atoms with van der Waals surface area (Å²) in [7, 11) is 1.97. The zero-order valence-electron chi connectivity index (χ0n) is 10.9. The van der Waals surface area contributed by atoms with Gasteiger partial charge in [0.25, 0.3) is 0 Å². The Labute approximate surface area is 111 Å². The van der Waals surface area contributed by atoms with E-state index in [1.807, 2.05) is 67.1 Å². The fourth-order valence-corrected chi connectivity index (χ4v) is 2.56. The van der Waals surface area contributed by atoms with Gasteiger partial charge in [-0.15, -0.1) is 4.91 Å². The van der Waals surface area contributed by atoms with Crippen molar-refractivity contribution in [1.29, 1.82) is 0 Å². The first kappa shape index (κ1) is 11.7. The average Bonchev–Trinajstić information content (AvgIpc) is 2.71. The molecule has 0 amide bonds. The summed E-state index contributed by atoms with van der Waals surface area (Å²) in [5.74, 6) is 0. The number of benzene rings is 2. The van der Waals surface area contributed by atoms with Crippen molar-refractivity contribution in [2.24, 2.45) is 12.2 Å². The van der Waals surface area contributed by atoms with Gasteiger partial charge in [0.15, 0.2) is 0 Å². The van der Waals surface area contributed by atoms with Crippen molar-refractivity contribution in [2.75, 3.05) is 0 Å². The van der Waals surface area contributed by atoms with Gasteiger partial charge in [0.2, 0.25) is 0 Å².